The highest BCUT2D eigenvalue weighted by atomic mass is 16.3. The summed E-state index contributed by atoms with van der Waals surface area (Å²) in [6.07, 6.45) is 6.65. The molecule has 0 bridgehead atoms. The molecule has 0 saturated carbocycles. The van der Waals surface area contributed by atoms with E-state index in [1.165, 1.54) is 25.6 Å². The number of piperidine rings is 1. The van der Waals surface area contributed by atoms with E-state index in [9.17, 15) is 5.11 Å². The van der Waals surface area contributed by atoms with Gasteiger partial charge in [-0.15, -0.1) is 0 Å². The number of aromatic nitrogens is 4. The van der Waals surface area contributed by atoms with E-state index >= 15 is 0 Å². The van der Waals surface area contributed by atoms with Crippen LogP contribution in [0.3, 0.4) is 0 Å². The highest BCUT2D eigenvalue weighted by molar-refractivity contribution is 5.85. The zero-order chi connectivity index (χ0) is 14.7. The highest BCUT2D eigenvalue weighted by Crippen LogP contribution is 2.17. The molecule has 2 aromatic heterocycles. The van der Waals surface area contributed by atoms with Gasteiger partial charge in [0.05, 0.1) is 17.7 Å². The van der Waals surface area contributed by atoms with E-state index in [4.69, 9.17) is 0 Å². The lowest BCUT2D eigenvalue weighted by Crippen LogP contribution is -2.39. The van der Waals surface area contributed by atoms with Gasteiger partial charge in [0.15, 0.2) is 5.65 Å². The average Bonchev–Trinajstić information content (AvgIpc) is 2.88. The molecule has 7 nitrogen and oxygen atoms in total. The standard InChI is InChI=1S/C14H22N6O/c1-19-14-12(8-18-19)13(16-10-17-14)15-7-11(21)9-20-5-3-2-4-6-20/h8,10-11,21H,2-7,9H2,1H3,(H,15,16,17)/t11-/m0/s1. The average molecular weight is 290 g/mol. The minimum absolute atomic E-state index is 0.398. The molecule has 0 aromatic carbocycles. The van der Waals surface area contributed by atoms with Gasteiger partial charge in [-0.05, 0) is 25.9 Å². The quantitative estimate of drug-likeness (QED) is 0.840. The molecule has 3 rings (SSSR count). The molecule has 1 atom stereocenters. The van der Waals surface area contributed by atoms with Crippen molar-refractivity contribution in [3.8, 4) is 0 Å². The predicted octanol–water partition coefficient (Wildman–Crippen LogP) is 0.622. The molecule has 21 heavy (non-hydrogen) atoms. The lowest BCUT2D eigenvalue weighted by Gasteiger charge is -2.28. The summed E-state index contributed by atoms with van der Waals surface area (Å²) in [5.74, 6) is 0.728. The summed E-state index contributed by atoms with van der Waals surface area (Å²) in [6, 6.07) is 0. The summed E-state index contributed by atoms with van der Waals surface area (Å²) >= 11 is 0. The monoisotopic (exact) mass is 290 g/mol. The van der Waals surface area contributed by atoms with Crippen LogP contribution in [-0.4, -0.2) is 62.0 Å². The van der Waals surface area contributed by atoms with Gasteiger partial charge in [-0.1, -0.05) is 6.42 Å². The molecule has 0 amide bonds. The normalized spacial score (nSPS) is 18.0. The molecule has 2 aromatic rings. The molecule has 2 N–H and O–H groups in total. The Labute approximate surface area is 124 Å². The number of aliphatic hydroxyl groups excluding tert-OH is 1. The van der Waals surface area contributed by atoms with Crippen molar-refractivity contribution in [1.82, 2.24) is 24.6 Å². The third-order valence-electron chi connectivity index (χ3n) is 3.95. The fraction of sp³-hybridized carbons (Fsp3) is 0.643. The molecule has 1 aliphatic rings. The van der Waals surface area contributed by atoms with E-state index in [-0.39, 0.29) is 0 Å². The summed E-state index contributed by atoms with van der Waals surface area (Å²) in [5.41, 5.74) is 0.790. The number of likely N-dealkylation sites (tertiary alicyclic amines) is 1. The van der Waals surface area contributed by atoms with Crippen molar-refractivity contribution in [1.29, 1.82) is 0 Å². The molecule has 1 saturated heterocycles. The molecule has 7 heteroatoms. The molecule has 1 fully saturated rings. The molecule has 1 aliphatic heterocycles. The zero-order valence-electron chi connectivity index (χ0n) is 12.4. The van der Waals surface area contributed by atoms with Gasteiger partial charge < -0.3 is 15.3 Å². The Morgan fingerprint density at radius 1 is 1.29 bits per heavy atom. The fourth-order valence-corrected chi connectivity index (χ4v) is 2.82. The number of nitrogens with zero attached hydrogens (tertiary/aromatic N) is 5. The van der Waals surface area contributed by atoms with Gasteiger partial charge in [-0.2, -0.15) is 5.10 Å². The Morgan fingerprint density at radius 3 is 2.90 bits per heavy atom. The Kier molecular flexibility index (Phi) is 4.31. The van der Waals surface area contributed by atoms with E-state index in [0.717, 1.165) is 29.9 Å². The lowest BCUT2D eigenvalue weighted by atomic mass is 10.1. The molecule has 0 unspecified atom stereocenters. The summed E-state index contributed by atoms with van der Waals surface area (Å²) in [5, 5.41) is 18.4. The van der Waals surface area contributed by atoms with Crippen LogP contribution in [0, 0.1) is 0 Å². The summed E-state index contributed by atoms with van der Waals surface area (Å²) in [6.45, 7) is 3.39. The van der Waals surface area contributed by atoms with E-state index in [1.807, 2.05) is 7.05 Å². The van der Waals surface area contributed by atoms with Crippen molar-refractivity contribution >= 4 is 16.9 Å². The van der Waals surface area contributed by atoms with Gasteiger partial charge >= 0.3 is 0 Å². The number of aryl methyl sites for hydroxylation is 1. The van der Waals surface area contributed by atoms with Crippen molar-refractivity contribution in [2.45, 2.75) is 25.4 Å². The van der Waals surface area contributed by atoms with Crippen molar-refractivity contribution < 1.29 is 5.11 Å². The second-order valence-corrected chi connectivity index (χ2v) is 5.62. The second kappa shape index (κ2) is 6.36. The lowest BCUT2D eigenvalue weighted by molar-refractivity contribution is 0.109. The van der Waals surface area contributed by atoms with E-state index in [2.05, 4.69) is 25.3 Å². The molecule has 3 heterocycles. The number of fused-ring (bicyclic) bond motifs is 1. The van der Waals surface area contributed by atoms with E-state index in [0.29, 0.717) is 13.1 Å². The van der Waals surface area contributed by atoms with Crippen LogP contribution in [0.5, 0.6) is 0 Å². The van der Waals surface area contributed by atoms with Gasteiger partial charge in [0.25, 0.3) is 0 Å². The van der Waals surface area contributed by atoms with E-state index < -0.39 is 6.10 Å². The van der Waals surface area contributed by atoms with Crippen molar-refractivity contribution in [2.75, 3.05) is 31.5 Å². The number of hydrogen-bond acceptors (Lipinski definition) is 6. The maximum absolute atomic E-state index is 10.2. The Bertz CT molecular complexity index is 592. The first kappa shape index (κ1) is 14.2. The largest absolute Gasteiger partial charge is 0.390 e. The van der Waals surface area contributed by atoms with Crippen LogP contribution in [0.4, 0.5) is 5.82 Å². The van der Waals surface area contributed by atoms with Crippen LogP contribution in [0.2, 0.25) is 0 Å². The second-order valence-electron chi connectivity index (χ2n) is 5.62. The topological polar surface area (TPSA) is 79.1 Å². The number of anilines is 1. The third-order valence-corrected chi connectivity index (χ3v) is 3.95. The minimum atomic E-state index is -0.398. The molecular formula is C14H22N6O. The van der Waals surface area contributed by atoms with Gasteiger partial charge in [0.2, 0.25) is 0 Å². The van der Waals surface area contributed by atoms with E-state index in [1.54, 1.807) is 10.9 Å². The zero-order valence-corrected chi connectivity index (χ0v) is 12.4. The Balaban J connectivity index is 1.58. The Hall–Kier alpha value is -1.73. The van der Waals surface area contributed by atoms with Crippen LogP contribution in [-0.2, 0) is 7.05 Å². The van der Waals surface area contributed by atoms with Crippen molar-refractivity contribution in [3.05, 3.63) is 12.5 Å². The predicted molar refractivity (Wildman–Crippen MR) is 81.1 cm³/mol. The van der Waals surface area contributed by atoms with Crippen LogP contribution in [0.25, 0.3) is 11.0 Å². The van der Waals surface area contributed by atoms with Crippen LogP contribution < -0.4 is 5.32 Å². The first-order valence-electron chi connectivity index (χ1n) is 7.51. The van der Waals surface area contributed by atoms with Gasteiger partial charge in [-0.25, -0.2) is 9.97 Å². The van der Waals surface area contributed by atoms with Crippen LogP contribution >= 0.6 is 0 Å². The van der Waals surface area contributed by atoms with Gasteiger partial charge in [0.1, 0.15) is 12.1 Å². The smallest absolute Gasteiger partial charge is 0.163 e. The number of aliphatic hydroxyl groups is 1. The number of rotatable bonds is 5. The van der Waals surface area contributed by atoms with Crippen LogP contribution in [0.15, 0.2) is 12.5 Å². The highest BCUT2D eigenvalue weighted by Gasteiger charge is 2.15. The van der Waals surface area contributed by atoms with Gasteiger partial charge in [-0.3, -0.25) is 4.68 Å². The summed E-state index contributed by atoms with van der Waals surface area (Å²) in [7, 11) is 1.85. The van der Waals surface area contributed by atoms with Gasteiger partial charge in [0, 0.05) is 20.1 Å². The summed E-state index contributed by atoms with van der Waals surface area (Å²) < 4.78 is 1.71. The van der Waals surface area contributed by atoms with Crippen molar-refractivity contribution in [3.63, 3.8) is 0 Å². The molecule has 0 aliphatic carbocycles. The molecule has 114 valence electrons. The number of β-amino-alcohol motifs (C(OH)–C–C–N with tert-alkyl or cyclic N) is 1. The van der Waals surface area contributed by atoms with Crippen molar-refractivity contribution in [2.24, 2.45) is 7.05 Å². The SMILES string of the molecule is Cn1ncc2c(NC[C@H](O)CN3CCCCC3)ncnc21. The number of hydrogen-bond donors (Lipinski definition) is 2. The summed E-state index contributed by atoms with van der Waals surface area (Å²) in [4.78, 5) is 10.8. The third kappa shape index (κ3) is 3.30. The minimum Gasteiger partial charge on any atom is -0.390 e. The maximum Gasteiger partial charge on any atom is 0.163 e. The molecule has 0 spiro atoms. The number of nitrogens with one attached hydrogen (secondary N) is 1. The fourth-order valence-electron chi connectivity index (χ4n) is 2.82. The maximum atomic E-state index is 10.2. The first-order chi connectivity index (χ1) is 10.2. The van der Waals surface area contributed by atoms with Crippen LogP contribution in [0.1, 0.15) is 19.3 Å². The Morgan fingerprint density at radius 2 is 2.10 bits per heavy atom. The molecule has 0 radical (unpaired) electrons. The first-order valence-corrected chi connectivity index (χ1v) is 7.51. The molecular weight excluding hydrogens is 268 g/mol.